The van der Waals surface area contributed by atoms with Crippen LogP contribution >= 0.6 is 0 Å². The molecule has 1 aromatic heterocycles. The fourth-order valence-electron chi connectivity index (χ4n) is 2.60. The van der Waals surface area contributed by atoms with Gasteiger partial charge in [-0.3, -0.25) is 19.2 Å². The molecule has 5 unspecified atom stereocenters. The third kappa shape index (κ3) is 9.22. The van der Waals surface area contributed by atoms with E-state index < -0.39 is 66.5 Å². The lowest BCUT2D eigenvalue weighted by Crippen LogP contribution is -2.59. The van der Waals surface area contributed by atoms with Crippen LogP contribution in [0, 0.1) is 0 Å². The van der Waals surface area contributed by atoms with Gasteiger partial charge in [0.15, 0.2) is 0 Å². The van der Waals surface area contributed by atoms with Crippen molar-refractivity contribution in [3.63, 3.8) is 0 Å². The summed E-state index contributed by atoms with van der Waals surface area (Å²) in [6.45, 7) is 0.385. The number of H-pyrrole nitrogens is 1. The first-order valence-corrected chi connectivity index (χ1v) is 9.90. The van der Waals surface area contributed by atoms with E-state index in [0.29, 0.717) is 5.69 Å². The number of aliphatic hydroxyl groups is 2. The van der Waals surface area contributed by atoms with Crippen molar-refractivity contribution in [1.82, 2.24) is 25.9 Å². The first-order chi connectivity index (χ1) is 15.5. The van der Waals surface area contributed by atoms with E-state index in [9.17, 15) is 39.3 Å². The van der Waals surface area contributed by atoms with Crippen LogP contribution < -0.4 is 27.4 Å². The maximum absolute atomic E-state index is 12.7. The molecule has 0 fully saturated rings. The van der Waals surface area contributed by atoms with E-state index in [4.69, 9.17) is 11.5 Å². The van der Waals surface area contributed by atoms with Gasteiger partial charge in [0.2, 0.25) is 23.6 Å². The fraction of sp³-hybridized carbons (Fsp3) is 0.556. The minimum absolute atomic E-state index is 0.135. The summed E-state index contributed by atoms with van der Waals surface area (Å²) in [6.07, 6.45) is 0.746. The summed E-state index contributed by atoms with van der Waals surface area (Å²) < 4.78 is 0. The lowest BCUT2D eigenvalue weighted by molar-refractivity contribution is -0.142. The van der Waals surface area contributed by atoms with Crippen molar-refractivity contribution < 1.29 is 39.3 Å². The predicted molar refractivity (Wildman–Crippen MR) is 111 cm³/mol. The van der Waals surface area contributed by atoms with Gasteiger partial charge in [0, 0.05) is 24.7 Å². The highest BCUT2D eigenvalue weighted by Crippen LogP contribution is 2.04. The second kappa shape index (κ2) is 13.1. The number of aliphatic carboxylic acids is 1. The number of amides is 4. The van der Waals surface area contributed by atoms with E-state index in [-0.39, 0.29) is 19.3 Å². The van der Waals surface area contributed by atoms with E-state index in [1.165, 1.54) is 19.4 Å². The molecule has 1 rings (SSSR count). The summed E-state index contributed by atoms with van der Waals surface area (Å²) in [4.78, 5) is 66.4. The molecule has 5 atom stereocenters. The summed E-state index contributed by atoms with van der Waals surface area (Å²) in [5.41, 5.74) is 11.0. The van der Waals surface area contributed by atoms with Gasteiger partial charge in [0.05, 0.1) is 19.0 Å². The van der Waals surface area contributed by atoms with Crippen molar-refractivity contribution in [2.75, 3.05) is 6.61 Å². The molecular weight excluding hydrogens is 442 g/mol. The number of aliphatic hydroxyl groups excluding tert-OH is 2. The Morgan fingerprint density at radius 3 is 2.12 bits per heavy atom. The summed E-state index contributed by atoms with van der Waals surface area (Å²) in [6, 6.07) is -5.71. The number of imidazole rings is 1. The molecule has 0 bridgehead atoms. The number of carboxylic acids is 1. The molecule has 0 aliphatic rings. The third-order valence-corrected chi connectivity index (χ3v) is 4.54. The Kier molecular flexibility index (Phi) is 10.9. The highest BCUT2D eigenvalue weighted by molar-refractivity contribution is 5.94. The van der Waals surface area contributed by atoms with Gasteiger partial charge >= 0.3 is 5.97 Å². The summed E-state index contributed by atoms with van der Waals surface area (Å²) >= 11 is 0. The zero-order valence-electron chi connectivity index (χ0n) is 17.9. The smallest absolute Gasteiger partial charge is 0.326 e. The van der Waals surface area contributed by atoms with Crippen LogP contribution in [0.5, 0.6) is 0 Å². The molecule has 1 heterocycles. The minimum Gasteiger partial charge on any atom is -0.480 e. The molecular formula is C18H29N7O8. The Hall–Kier alpha value is -3.56. The van der Waals surface area contributed by atoms with Crippen molar-refractivity contribution in [2.45, 2.75) is 56.5 Å². The molecule has 15 heteroatoms. The van der Waals surface area contributed by atoms with Crippen LogP contribution in [0.25, 0.3) is 0 Å². The topological polar surface area (TPSA) is 263 Å². The molecule has 0 radical (unpaired) electrons. The predicted octanol–water partition coefficient (Wildman–Crippen LogP) is -4.54. The van der Waals surface area contributed by atoms with Gasteiger partial charge < -0.3 is 47.7 Å². The number of carbonyl (C=O) groups is 5. The van der Waals surface area contributed by atoms with E-state index in [2.05, 4.69) is 25.9 Å². The number of carbonyl (C=O) groups excluding carboxylic acids is 4. The van der Waals surface area contributed by atoms with Crippen molar-refractivity contribution in [1.29, 1.82) is 0 Å². The molecule has 0 aliphatic heterocycles. The van der Waals surface area contributed by atoms with Gasteiger partial charge in [-0.15, -0.1) is 0 Å². The number of primary amides is 1. The van der Waals surface area contributed by atoms with Gasteiger partial charge in [0.25, 0.3) is 0 Å². The fourth-order valence-corrected chi connectivity index (χ4v) is 2.60. The zero-order chi connectivity index (χ0) is 25.1. The molecule has 0 saturated carbocycles. The third-order valence-electron chi connectivity index (χ3n) is 4.54. The van der Waals surface area contributed by atoms with Crippen molar-refractivity contribution in [2.24, 2.45) is 11.5 Å². The van der Waals surface area contributed by atoms with Crippen LogP contribution in [-0.2, 0) is 30.4 Å². The number of nitrogens with two attached hydrogens (primary N) is 2. The Bertz CT molecular complexity index is 830. The van der Waals surface area contributed by atoms with Crippen LogP contribution in [0.1, 0.15) is 25.5 Å². The largest absolute Gasteiger partial charge is 0.480 e. The van der Waals surface area contributed by atoms with Crippen LogP contribution in [-0.4, -0.2) is 91.8 Å². The summed E-state index contributed by atoms with van der Waals surface area (Å²) in [7, 11) is 0. The number of rotatable bonds is 14. The molecule has 11 N–H and O–H groups in total. The first-order valence-electron chi connectivity index (χ1n) is 9.90. The second-order valence-corrected chi connectivity index (χ2v) is 7.26. The summed E-state index contributed by atoms with van der Waals surface area (Å²) in [5.74, 6) is -4.99. The SMILES string of the molecule is CC(O)C(N)C(=O)NC(CO)C(=O)NC(CCC(N)=O)C(=O)NC(Cc1cnc[nH]1)C(=O)O. The van der Waals surface area contributed by atoms with Crippen LogP contribution in [0.15, 0.2) is 12.5 Å². The molecule has 15 nitrogen and oxygen atoms in total. The number of nitrogens with zero attached hydrogens (tertiary/aromatic N) is 1. The molecule has 33 heavy (non-hydrogen) atoms. The molecule has 0 aliphatic carbocycles. The van der Waals surface area contributed by atoms with Gasteiger partial charge in [-0.1, -0.05) is 0 Å². The zero-order valence-corrected chi connectivity index (χ0v) is 17.9. The first kappa shape index (κ1) is 27.5. The Balaban J connectivity index is 2.92. The van der Waals surface area contributed by atoms with E-state index in [0.717, 1.165) is 0 Å². The highest BCUT2D eigenvalue weighted by atomic mass is 16.4. The maximum Gasteiger partial charge on any atom is 0.326 e. The summed E-state index contributed by atoms with van der Waals surface area (Å²) in [5, 5.41) is 34.9. The molecule has 0 saturated heterocycles. The van der Waals surface area contributed by atoms with Crippen molar-refractivity contribution in [3.8, 4) is 0 Å². The van der Waals surface area contributed by atoms with Gasteiger partial charge in [-0.2, -0.15) is 0 Å². The lowest BCUT2D eigenvalue weighted by Gasteiger charge is -2.24. The van der Waals surface area contributed by atoms with E-state index in [1.54, 1.807) is 0 Å². The number of hydrogen-bond acceptors (Lipinski definition) is 9. The number of carboxylic acid groups (broad SMARTS) is 1. The van der Waals surface area contributed by atoms with Gasteiger partial charge in [-0.05, 0) is 13.3 Å². The number of hydrogen-bond donors (Lipinski definition) is 9. The Morgan fingerprint density at radius 1 is 1.06 bits per heavy atom. The number of aromatic amines is 1. The van der Waals surface area contributed by atoms with E-state index >= 15 is 0 Å². The number of nitrogens with one attached hydrogen (secondary N) is 4. The minimum atomic E-state index is -1.54. The quantitative estimate of drug-likeness (QED) is 0.125. The second-order valence-electron chi connectivity index (χ2n) is 7.26. The molecule has 4 amide bonds. The average molecular weight is 471 g/mol. The van der Waals surface area contributed by atoms with Crippen LogP contribution in [0.3, 0.4) is 0 Å². The van der Waals surface area contributed by atoms with Crippen LogP contribution in [0.2, 0.25) is 0 Å². The maximum atomic E-state index is 12.7. The Morgan fingerprint density at radius 2 is 1.64 bits per heavy atom. The normalized spacial score (nSPS) is 15.4. The standard InChI is InChI=1S/C18H29N7O8/c1-8(27)14(20)17(31)25-12(6-26)16(30)23-10(2-3-13(19)28)15(29)24-11(18(32)33)4-9-5-21-7-22-9/h5,7-8,10-12,14,26-27H,2-4,6,20H2,1H3,(H2,19,28)(H,21,22)(H,23,30)(H,24,29)(H,25,31)(H,32,33). The molecule has 0 aromatic carbocycles. The van der Waals surface area contributed by atoms with Crippen molar-refractivity contribution >= 4 is 29.6 Å². The number of aromatic nitrogens is 2. The Labute approximate surface area is 188 Å². The highest BCUT2D eigenvalue weighted by Gasteiger charge is 2.31. The van der Waals surface area contributed by atoms with Gasteiger partial charge in [0.1, 0.15) is 24.2 Å². The molecule has 184 valence electrons. The van der Waals surface area contributed by atoms with Crippen LogP contribution in [0.4, 0.5) is 0 Å². The average Bonchev–Trinajstić information content (AvgIpc) is 3.26. The lowest BCUT2D eigenvalue weighted by atomic mass is 10.1. The van der Waals surface area contributed by atoms with Crippen molar-refractivity contribution in [3.05, 3.63) is 18.2 Å². The molecule has 0 spiro atoms. The monoisotopic (exact) mass is 471 g/mol. The van der Waals surface area contributed by atoms with E-state index in [1.807, 2.05) is 0 Å². The van der Waals surface area contributed by atoms with Gasteiger partial charge in [-0.25, -0.2) is 9.78 Å². The molecule has 1 aromatic rings.